The van der Waals surface area contributed by atoms with Crippen LogP contribution in [-0.4, -0.2) is 28.4 Å². The second-order valence-corrected chi connectivity index (χ2v) is 7.90. The van der Waals surface area contributed by atoms with Crippen LogP contribution < -0.4 is 5.46 Å². The summed E-state index contributed by atoms with van der Waals surface area (Å²) in [4.78, 5) is 4.37. The molecule has 25 heavy (non-hydrogen) atoms. The molecular weight excluding hydrogens is 320 g/mol. The fraction of sp³-hybridized carbons (Fsp3) is 0.526. The monoisotopic (exact) mass is 345 g/mol. The van der Waals surface area contributed by atoms with Gasteiger partial charge in [-0.3, -0.25) is 0 Å². The van der Waals surface area contributed by atoms with Gasteiger partial charge >= 0.3 is 7.12 Å². The summed E-state index contributed by atoms with van der Waals surface area (Å²) in [5.74, 6) is -0.412. The highest BCUT2D eigenvalue weighted by molar-refractivity contribution is 6.62. The van der Waals surface area contributed by atoms with Gasteiger partial charge in [0.15, 0.2) is 0 Å². The third kappa shape index (κ3) is 2.86. The summed E-state index contributed by atoms with van der Waals surface area (Å²) in [5, 5.41) is 10.7. The molecule has 1 aliphatic heterocycles. The molecule has 2 aromatic rings. The molecule has 0 saturated carbocycles. The quantitative estimate of drug-likeness (QED) is 0.849. The molecule has 1 fully saturated rings. The molecule has 1 saturated heterocycles. The van der Waals surface area contributed by atoms with Crippen molar-refractivity contribution in [1.82, 2.24) is 4.98 Å². The highest BCUT2D eigenvalue weighted by Crippen LogP contribution is 2.37. The van der Waals surface area contributed by atoms with Gasteiger partial charge in [0.2, 0.25) is 0 Å². The number of nitrogens with zero attached hydrogens (tertiary/aromatic N) is 1. The zero-order chi connectivity index (χ0) is 18.7. The maximum absolute atomic E-state index is 14.7. The van der Waals surface area contributed by atoms with Crippen LogP contribution in [0.5, 0.6) is 0 Å². The molecule has 4 nitrogen and oxygen atoms in total. The average molecular weight is 345 g/mol. The Morgan fingerprint density at radius 3 is 2.20 bits per heavy atom. The highest BCUT2D eigenvalue weighted by Gasteiger charge is 2.51. The third-order valence-electron chi connectivity index (χ3n) is 5.51. The van der Waals surface area contributed by atoms with Gasteiger partial charge in [0.1, 0.15) is 11.3 Å². The first-order chi connectivity index (χ1) is 11.4. The first-order valence-corrected chi connectivity index (χ1v) is 8.58. The van der Waals surface area contributed by atoms with Gasteiger partial charge in [-0.2, -0.15) is 0 Å². The van der Waals surface area contributed by atoms with Crippen LogP contribution in [0.25, 0.3) is 10.9 Å². The first kappa shape index (κ1) is 18.3. The van der Waals surface area contributed by atoms with Crippen molar-refractivity contribution in [1.29, 1.82) is 0 Å². The molecule has 1 atom stereocenters. The molecule has 3 rings (SSSR count). The van der Waals surface area contributed by atoms with Crippen molar-refractivity contribution in [2.24, 2.45) is 0 Å². The van der Waals surface area contributed by atoms with E-state index in [1.807, 2.05) is 40.7 Å². The van der Waals surface area contributed by atoms with Gasteiger partial charge in [0.25, 0.3) is 0 Å². The van der Waals surface area contributed by atoms with Crippen molar-refractivity contribution in [3.8, 4) is 0 Å². The standard InChI is InChI=1S/C19H25BFNO3/c1-10-14-8-13(20-24-18(4,5)19(6,7)25-20)9-15(21)17(14)22-11(2)16(10)12(3)23/h8-9,12,23H,1-7H3. The van der Waals surface area contributed by atoms with Crippen molar-refractivity contribution < 1.29 is 18.8 Å². The second kappa shape index (κ2) is 5.76. The number of aliphatic hydroxyl groups is 1. The Balaban J connectivity index is 2.17. The number of halogens is 1. The molecule has 0 radical (unpaired) electrons. The summed E-state index contributed by atoms with van der Waals surface area (Å²) >= 11 is 0. The van der Waals surface area contributed by atoms with E-state index < -0.39 is 30.2 Å². The van der Waals surface area contributed by atoms with E-state index in [4.69, 9.17) is 9.31 Å². The van der Waals surface area contributed by atoms with Gasteiger partial charge in [0.05, 0.1) is 17.3 Å². The van der Waals surface area contributed by atoms with Gasteiger partial charge in [-0.25, -0.2) is 9.37 Å². The van der Waals surface area contributed by atoms with E-state index in [2.05, 4.69) is 4.98 Å². The topological polar surface area (TPSA) is 51.6 Å². The molecule has 2 heterocycles. The van der Waals surface area contributed by atoms with E-state index in [9.17, 15) is 9.50 Å². The number of hydrogen-bond acceptors (Lipinski definition) is 4. The fourth-order valence-corrected chi connectivity index (χ4v) is 3.39. The normalized spacial score (nSPS) is 20.3. The van der Waals surface area contributed by atoms with Crippen molar-refractivity contribution in [3.05, 3.63) is 34.8 Å². The van der Waals surface area contributed by atoms with Crippen molar-refractivity contribution >= 4 is 23.5 Å². The van der Waals surface area contributed by atoms with Crippen LogP contribution in [-0.2, 0) is 9.31 Å². The maximum Gasteiger partial charge on any atom is 0.494 e. The van der Waals surface area contributed by atoms with Crippen LogP contribution in [0.15, 0.2) is 12.1 Å². The van der Waals surface area contributed by atoms with Crippen molar-refractivity contribution in [3.63, 3.8) is 0 Å². The van der Waals surface area contributed by atoms with E-state index in [1.54, 1.807) is 13.8 Å². The minimum atomic E-state index is -0.666. The predicted octanol–water partition coefficient (Wildman–Crippen LogP) is 3.34. The number of fused-ring (bicyclic) bond motifs is 1. The Morgan fingerprint density at radius 1 is 1.12 bits per heavy atom. The second-order valence-electron chi connectivity index (χ2n) is 7.90. The van der Waals surface area contributed by atoms with E-state index in [-0.39, 0.29) is 0 Å². The molecule has 0 aliphatic carbocycles. The zero-order valence-electron chi connectivity index (χ0n) is 15.9. The predicted molar refractivity (Wildman–Crippen MR) is 97.5 cm³/mol. The van der Waals surface area contributed by atoms with Crippen molar-refractivity contribution in [2.45, 2.75) is 65.8 Å². The number of rotatable bonds is 2. The van der Waals surface area contributed by atoms with Crippen LogP contribution >= 0.6 is 0 Å². The number of aryl methyl sites for hydroxylation is 2. The summed E-state index contributed by atoms with van der Waals surface area (Å²) in [7, 11) is -0.639. The van der Waals surface area contributed by atoms with Gasteiger partial charge in [-0.05, 0) is 65.6 Å². The summed E-state index contributed by atoms with van der Waals surface area (Å²) in [6.07, 6.45) is -0.666. The largest absolute Gasteiger partial charge is 0.494 e. The van der Waals surface area contributed by atoms with Crippen molar-refractivity contribution in [2.75, 3.05) is 0 Å². The molecule has 0 bridgehead atoms. The minimum Gasteiger partial charge on any atom is -0.399 e. The van der Waals surface area contributed by atoms with Gasteiger partial charge in [-0.1, -0.05) is 6.07 Å². The van der Waals surface area contributed by atoms with E-state index in [1.165, 1.54) is 6.07 Å². The van der Waals surface area contributed by atoms with E-state index in [0.29, 0.717) is 22.1 Å². The first-order valence-electron chi connectivity index (χ1n) is 8.58. The van der Waals surface area contributed by atoms with Gasteiger partial charge in [-0.15, -0.1) is 0 Å². The number of pyridine rings is 1. The molecule has 1 aromatic heterocycles. The Hall–Kier alpha value is -1.50. The molecule has 134 valence electrons. The van der Waals surface area contributed by atoms with Gasteiger partial charge < -0.3 is 14.4 Å². The minimum absolute atomic E-state index is 0.305. The smallest absolute Gasteiger partial charge is 0.399 e. The summed E-state index contributed by atoms with van der Waals surface area (Å²) in [6.45, 7) is 13.2. The zero-order valence-corrected chi connectivity index (χ0v) is 15.9. The molecule has 1 N–H and O–H groups in total. The Bertz CT molecular complexity index is 832. The lowest BCUT2D eigenvalue weighted by Crippen LogP contribution is -2.41. The summed E-state index contributed by atoms with van der Waals surface area (Å²) in [5.41, 5.74) is 2.15. The van der Waals surface area contributed by atoms with Crippen LogP contribution in [0.2, 0.25) is 0 Å². The Morgan fingerprint density at radius 2 is 1.68 bits per heavy atom. The molecule has 1 unspecified atom stereocenters. The van der Waals surface area contributed by atoms with E-state index in [0.717, 1.165) is 11.1 Å². The lowest BCUT2D eigenvalue weighted by atomic mass is 9.78. The lowest BCUT2D eigenvalue weighted by molar-refractivity contribution is 0.00578. The molecule has 0 spiro atoms. The number of aromatic nitrogens is 1. The SMILES string of the molecule is Cc1nc2c(F)cc(B3OC(C)(C)C(C)(C)O3)cc2c(C)c1C(C)O. The maximum atomic E-state index is 14.7. The Kier molecular flexibility index (Phi) is 4.22. The molecule has 6 heteroatoms. The van der Waals surface area contributed by atoms with E-state index >= 15 is 0 Å². The van der Waals surface area contributed by atoms with Crippen LogP contribution in [0.1, 0.15) is 57.5 Å². The summed E-state index contributed by atoms with van der Waals surface area (Å²) in [6, 6.07) is 3.28. The van der Waals surface area contributed by atoms with Crippen LogP contribution in [0.3, 0.4) is 0 Å². The number of hydrogen-bond donors (Lipinski definition) is 1. The molecule has 1 aromatic carbocycles. The lowest BCUT2D eigenvalue weighted by Gasteiger charge is -2.32. The molecular formula is C19H25BFNO3. The number of benzene rings is 1. The number of aliphatic hydroxyl groups excluding tert-OH is 1. The Labute approximate surface area is 148 Å². The summed E-state index contributed by atoms with van der Waals surface area (Å²) < 4.78 is 26.8. The molecule has 1 aliphatic rings. The highest BCUT2D eigenvalue weighted by atomic mass is 19.1. The average Bonchev–Trinajstić information content (AvgIpc) is 2.68. The molecule has 0 amide bonds. The van der Waals surface area contributed by atoms with Crippen LogP contribution in [0, 0.1) is 19.7 Å². The third-order valence-corrected chi connectivity index (χ3v) is 5.51. The van der Waals surface area contributed by atoms with Gasteiger partial charge in [0, 0.05) is 16.6 Å². The fourth-order valence-electron chi connectivity index (χ4n) is 3.39. The van der Waals surface area contributed by atoms with Crippen LogP contribution in [0.4, 0.5) is 4.39 Å².